The van der Waals surface area contributed by atoms with E-state index in [4.69, 9.17) is 4.42 Å². The van der Waals surface area contributed by atoms with E-state index in [0.717, 1.165) is 12.0 Å². The van der Waals surface area contributed by atoms with Crippen LogP contribution in [0.4, 0.5) is 10.1 Å². The molecule has 2 aromatic carbocycles. The van der Waals surface area contributed by atoms with Crippen LogP contribution in [0.3, 0.4) is 0 Å². The number of ketones is 1. The standard InChI is InChI=1S/C24H21FN2O3/c1-2-16-7-9-17(10-8-16)27-24(29)20(15-26)22(28)13-11-18-12-14-23(30-18)19-5-3-4-6-21(19)25/h3-10,12,14,20H,2,11,13H2,1H3,(H,27,29). The molecule has 0 saturated carbocycles. The minimum atomic E-state index is -1.41. The van der Waals surface area contributed by atoms with E-state index >= 15 is 0 Å². The van der Waals surface area contributed by atoms with Crippen molar-refractivity contribution in [2.24, 2.45) is 5.92 Å². The van der Waals surface area contributed by atoms with Crippen LogP contribution in [0.15, 0.2) is 65.1 Å². The first-order valence-electron chi connectivity index (χ1n) is 9.67. The quantitative estimate of drug-likeness (QED) is 0.540. The van der Waals surface area contributed by atoms with Crippen LogP contribution >= 0.6 is 0 Å². The third kappa shape index (κ3) is 5.00. The summed E-state index contributed by atoms with van der Waals surface area (Å²) in [6, 6.07) is 18.5. The first-order chi connectivity index (χ1) is 14.5. The number of nitrogens with one attached hydrogen (secondary N) is 1. The van der Waals surface area contributed by atoms with Crippen LogP contribution in [0.5, 0.6) is 0 Å². The summed E-state index contributed by atoms with van der Waals surface area (Å²) in [5.41, 5.74) is 1.98. The van der Waals surface area contributed by atoms with E-state index in [9.17, 15) is 19.2 Å². The molecule has 1 amide bonds. The highest BCUT2D eigenvalue weighted by molar-refractivity contribution is 6.09. The molecule has 0 aliphatic heterocycles. The van der Waals surface area contributed by atoms with E-state index < -0.39 is 23.4 Å². The normalized spacial score (nSPS) is 11.5. The van der Waals surface area contributed by atoms with Crippen LogP contribution < -0.4 is 5.32 Å². The minimum absolute atomic E-state index is 0.0371. The number of amides is 1. The van der Waals surface area contributed by atoms with Crippen molar-refractivity contribution in [3.63, 3.8) is 0 Å². The van der Waals surface area contributed by atoms with E-state index in [2.05, 4.69) is 5.32 Å². The molecule has 3 rings (SSSR count). The van der Waals surface area contributed by atoms with Gasteiger partial charge >= 0.3 is 0 Å². The lowest BCUT2D eigenvalue weighted by Crippen LogP contribution is -2.28. The largest absolute Gasteiger partial charge is 0.461 e. The number of anilines is 1. The molecule has 1 atom stereocenters. The Balaban J connectivity index is 1.59. The molecule has 0 saturated heterocycles. The third-order valence-corrected chi connectivity index (χ3v) is 4.76. The summed E-state index contributed by atoms with van der Waals surface area (Å²) in [6.07, 6.45) is 1.05. The number of nitrogens with zero attached hydrogens (tertiary/aromatic N) is 1. The number of carbonyl (C=O) groups excluding carboxylic acids is 2. The Morgan fingerprint density at radius 2 is 1.83 bits per heavy atom. The molecular formula is C24H21FN2O3. The third-order valence-electron chi connectivity index (χ3n) is 4.76. The van der Waals surface area contributed by atoms with Crippen LogP contribution in [0, 0.1) is 23.1 Å². The summed E-state index contributed by atoms with van der Waals surface area (Å²) < 4.78 is 19.5. The van der Waals surface area contributed by atoms with Crippen molar-refractivity contribution in [2.75, 3.05) is 5.32 Å². The number of nitriles is 1. The van der Waals surface area contributed by atoms with Gasteiger partial charge in [-0.2, -0.15) is 5.26 Å². The second kappa shape index (κ2) is 9.66. The number of aryl methyl sites for hydroxylation is 2. The first kappa shape index (κ1) is 21.0. The molecule has 0 aliphatic rings. The Morgan fingerprint density at radius 3 is 2.50 bits per heavy atom. The average Bonchev–Trinajstić information content (AvgIpc) is 3.22. The van der Waals surface area contributed by atoms with Crippen molar-refractivity contribution in [1.82, 2.24) is 0 Å². The number of Topliss-reactive ketones (excluding diaryl/α,β-unsaturated/α-hetero) is 1. The van der Waals surface area contributed by atoms with Gasteiger partial charge in [-0.05, 0) is 48.4 Å². The summed E-state index contributed by atoms with van der Waals surface area (Å²) in [5, 5.41) is 11.9. The van der Waals surface area contributed by atoms with E-state index in [1.165, 1.54) is 6.07 Å². The van der Waals surface area contributed by atoms with Gasteiger partial charge in [0, 0.05) is 18.5 Å². The second-order valence-electron chi connectivity index (χ2n) is 6.81. The Morgan fingerprint density at radius 1 is 1.10 bits per heavy atom. The molecule has 0 spiro atoms. The highest BCUT2D eigenvalue weighted by Gasteiger charge is 2.26. The molecule has 1 unspecified atom stereocenters. The summed E-state index contributed by atoms with van der Waals surface area (Å²) in [7, 11) is 0. The molecule has 3 aromatic rings. The molecular weight excluding hydrogens is 383 g/mol. The number of halogens is 1. The molecule has 1 aromatic heterocycles. The fourth-order valence-electron chi connectivity index (χ4n) is 3.02. The molecule has 5 nitrogen and oxygen atoms in total. The van der Waals surface area contributed by atoms with Crippen LogP contribution in [0.25, 0.3) is 11.3 Å². The smallest absolute Gasteiger partial charge is 0.249 e. The topological polar surface area (TPSA) is 83.1 Å². The van der Waals surface area contributed by atoms with Gasteiger partial charge in [0.1, 0.15) is 17.3 Å². The average molecular weight is 404 g/mol. The van der Waals surface area contributed by atoms with E-state index in [1.54, 1.807) is 48.5 Å². The Labute approximate surface area is 174 Å². The fraction of sp³-hybridized carbons (Fsp3) is 0.208. The van der Waals surface area contributed by atoms with Crippen molar-refractivity contribution in [3.05, 3.63) is 77.8 Å². The summed E-state index contributed by atoms with van der Waals surface area (Å²) >= 11 is 0. The number of hydrogen-bond donors (Lipinski definition) is 1. The molecule has 0 fully saturated rings. The molecule has 152 valence electrons. The van der Waals surface area contributed by atoms with Gasteiger partial charge in [0.15, 0.2) is 11.7 Å². The predicted octanol–water partition coefficient (Wildman–Crippen LogP) is 4.93. The van der Waals surface area contributed by atoms with Gasteiger partial charge in [-0.25, -0.2) is 4.39 Å². The van der Waals surface area contributed by atoms with Gasteiger partial charge in [-0.3, -0.25) is 9.59 Å². The monoisotopic (exact) mass is 404 g/mol. The van der Waals surface area contributed by atoms with Gasteiger partial charge < -0.3 is 9.73 Å². The molecule has 1 N–H and O–H groups in total. The molecule has 0 radical (unpaired) electrons. The van der Waals surface area contributed by atoms with E-state index in [-0.39, 0.29) is 12.8 Å². The highest BCUT2D eigenvalue weighted by atomic mass is 19.1. The molecule has 30 heavy (non-hydrogen) atoms. The van der Waals surface area contributed by atoms with Crippen LogP contribution in [0.2, 0.25) is 0 Å². The number of benzene rings is 2. The Kier molecular flexibility index (Phi) is 6.76. The molecule has 0 aliphatic carbocycles. The lowest BCUT2D eigenvalue weighted by molar-refractivity contribution is -0.128. The number of rotatable bonds is 8. The van der Waals surface area contributed by atoms with Gasteiger partial charge in [0.25, 0.3) is 0 Å². The first-order valence-corrected chi connectivity index (χ1v) is 9.67. The van der Waals surface area contributed by atoms with Crippen molar-refractivity contribution in [1.29, 1.82) is 5.26 Å². The summed E-state index contributed by atoms with van der Waals surface area (Å²) in [4.78, 5) is 24.8. The van der Waals surface area contributed by atoms with Crippen molar-refractivity contribution >= 4 is 17.4 Å². The maximum absolute atomic E-state index is 13.9. The summed E-state index contributed by atoms with van der Waals surface area (Å²) in [6.45, 7) is 2.02. The minimum Gasteiger partial charge on any atom is -0.461 e. The SMILES string of the molecule is CCc1ccc(NC(=O)C(C#N)C(=O)CCc2ccc(-c3ccccc3F)o2)cc1. The fourth-order valence-corrected chi connectivity index (χ4v) is 3.02. The number of carbonyl (C=O) groups is 2. The van der Waals surface area contributed by atoms with Crippen molar-refractivity contribution in [3.8, 4) is 17.4 Å². The molecule has 1 heterocycles. The zero-order chi connectivity index (χ0) is 21.5. The lowest BCUT2D eigenvalue weighted by Gasteiger charge is -2.10. The zero-order valence-corrected chi connectivity index (χ0v) is 16.5. The number of hydrogen-bond acceptors (Lipinski definition) is 4. The van der Waals surface area contributed by atoms with Gasteiger partial charge in [-0.1, -0.05) is 31.2 Å². The lowest BCUT2D eigenvalue weighted by atomic mass is 10.00. The second-order valence-corrected chi connectivity index (χ2v) is 6.81. The van der Waals surface area contributed by atoms with Gasteiger partial charge in [0.05, 0.1) is 11.6 Å². The zero-order valence-electron chi connectivity index (χ0n) is 16.5. The van der Waals surface area contributed by atoms with Gasteiger partial charge in [-0.15, -0.1) is 0 Å². The Bertz CT molecular complexity index is 1080. The maximum Gasteiger partial charge on any atom is 0.249 e. The predicted molar refractivity (Wildman–Crippen MR) is 111 cm³/mol. The highest BCUT2D eigenvalue weighted by Crippen LogP contribution is 2.25. The number of furan rings is 1. The van der Waals surface area contributed by atoms with Crippen molar-refractivity contribution < 1.29 is 18.4 Å². The Hall–Kier alpha value is -3.72. The maximum atomic E-state index is 13.9. The summed E-state index contributed by atoms with van der Waals surface area (Å²) in [5.74, 6) is -2.11. The van der Waals surface area contributed by atoms with Crippen LogP contribution in [-0.2, 0) is 22.4 Å². The van der Waals surface area contributed by atoms with E-state index in [1.807, 2.05) is 19.1 Å². The van der Waals surface area contributed by atoms with E-state index in [0.29, 0.717) is 22.8 Å². The van der Waals surface area contributed by atoms with Crippen molar-refractivity contribution in [2.45, 2.75) is 26.2 Å². The van der Waals surface area contributed by atoms with Gasteiger partial charge in [0.2, 0.25) is 5.91 Å². The molecule has 0 bridgehead atoms. The van der Waals surface area contributed by atoms with Crippen LogP contribution in [0.1, 0.15) is 24.7 Å². The molecule has 6 heteroatoms. The van der Waals surface area contributed by atoms with Crippen LogP contribution in [-0.4, -0.2) is 11.7 Å².